The monoisotopic (exact) mass is 394 g/mol. The normalized spacial score (nSPS) is 17.2. The highest BCUT2D eigenvalue weighted by Crippen LogP contribution is 2.39. The largest absolute Gasteiger partial charge is 0.482 e. The molecule has 7 heteroatoms. The molecule has 0 unspecified atom stereocenters. The summed E-state index contributed by atoms with van der Waals surface area (Å²) >= 11 is 0. The number of nitrogens with zero attached hydrogens (tertiary/aromatic N) is 2. The molecule has 0 aliphatic carbocycles. The van der Waals surface area contributed by atoms with E-state index >= 15 is 0 Å². The molecule has 150 valence electrons. The van der Waals surface area contributed by atoms with Gasteiger partial charge in [0.15, 0.2) is 18.0 Å². The lowest BCUT2D eigenvalue weighted by Crippen LogP contribution is -2.53. The summed E-state index contributed by atoms with van der Waals surface area (Å²) in [7, 11) is 1.64. The van der Waals surface area contributed by atoms with Gasteiger partial charge in [0.25, 0.3) is 11.8 Å². The molecule has 0 saturated carbocycles. The first kappa shape index (κ1) is 19.0. The Morgan fingerprint density at radius 2 is 1.79 bits per heavy atom. The van der Waals surface area contributed by atoms with E-state index in [0.29, 0.717) is 28.4 Å². The zero-order chi connectivity index (χ0) is 20.9. The fourth-order valence-corrected chi connectivity index (χ4v) is 3.52. The number of rotatable bonds is 3. The Hall–Kier alpha value is -3.35. The van der Waals surface area contributed by atoms with Crippen molar-refractivity contribution in [3.8, 4) is 11.5 Å². The van der Waals surface area contributed by atoms with Crippen molar-refractivity contribution in [2.45, 2.75) is 26.4 Å². The molecule has 0 bridgehead atoms. The van der Waals surface area contributed by atoms with Gasteiger partial charge in [-0.1, -0.05) is 6.07 Å². The summed E-state index contributed by atoms with van der Waals surface area (Å²) in [5.74, 6) is 0.414. The zero-order valence-corrected chi connectivity index (χ0v) is 16.8. The van der Waals surface area contributed by atoms with Crippen LogP contribution in [0.1, 0.15) is 29.8 Å². The molecule has 0 aromatic heterocycles. The van der Waals surface area contributed by atoms with Crippen molar-refractivity contribution in [1.29, 1.82) is 0 Å². The minimum Gasteiger partial charge on any atom is -0.482 e. The number of Topliss-reactive ketones (excluding diaryl/α,β-unsaturated/α-hetero) is 1. The quantitative estimate of drug-likeness (QED) is 0.749. The summed E-state index contributed by atoms with van der Waals surface area (Å²) in [5.41, 5.74) is 1.41. The van der Waals surface area contributed by atoms with Crippen molar-refractivity contribution in [3.05, 3.63) is 47.5 Å². The van der Waals surface area contributed by atoms with Gasteiger partial charge in [-0.15, -0.1) is 0 Å². The van der Waals surface area contributed by atoms with Gasteiger partial charge in [-0.3, -0.25) is 19.3 Å². The van der Waals surface area contributed by atoms with Gasteiger partial charge in [-0.05, 0) is 56.7 Å². The number of fused-ring (bicyclic) bond motifs is 2. The second-order valence-electron chi connectivity index (χ2n) is 7.82. The average Bonchev–Trinajstić information content (AvgIpc) is 2.68. The number of carbonyl (C=O) groups excluding carboxylic acids is 3. The van der Waals surface area contributed by atoms with E-state index in [1.165, 1.54) is 9.80 Å². The Morgan fingerprint density at radius 3 is 2.55 bits per heavy atom. The second-order valence-corrected chi connectivity index (χ2v) is 7.82. The highest BCUT2D eigenvalue weighted by molar-refractivity contribution is 6.10. The lowest BCUT2D eigenvalue weighted by molar-refractivity contribution is -0.132. The molecule has 2 aromatic rings. The number of hydrogen-bond donors (Lipinski definition) is 0. The highest BCUT2D eigenvalue weighted by Gasteiger charge is 2.41. The summed E-state index contributed by atoms with van der Waals surface area (Å²) in [6.45, 7) is 5.14. The molecule has 0 spiro atoms. The van der Waals surface area contributed by atoms with E-state index in [4.69, 9.17) is 9.47 Å². The van der Waals surface area contributed by atoms with Gasteiger partial charge in [0.2, 0.25) is 0 Å². The van der Waals surface area contributed by atoms with Crippen LogP contribution in [-0.4, -0.2) is 43.4 Å². The van der Waals surface area contributed by atoms with Crippen molar-refractivity contribution in [3.63, 3.8) is 0 Å². The number of likely N-dealkylation sites (N-methyl/N-ethyl adjacent to an activating group) is 1. The topological polar surface area (TPSA) is 76.2 Å². The molecule has 0 saturated heterocycles. The fraction of sp³-hybridized carbons (Fsp3) is 0.318. The average molecular weight is 394 g/mol. The van der Waals surface area contributed by atoms with Gasteiger partial charge in [0.05, 0.1) is 17.9 Å². The number of amides is 2. The molecule has 0 atom stereocenters. The predicted molar refractivity (Wildman–Crippen MR) is 108 cm³/mol. The van der Waals surface area contributed by atoms with Crippen LogP contribution in [0.2, 0.25) is 0 Å². The Labute approximate surface area is 168 Å². The van der Waals surface area contributed by atoms with E-state index in [2.05, 4.69) is 0 Å². The van der Waals surface area contributed by atoms with Gasteiger partial charge >= 0.3 is 0 Å². The molecule has 2 aliphatic rings. The first-order valence-corrected chi connectivity index (χ1v) is 9.35. The van der Waals surface area contributed by atoms with Crippen molar-refractivity contribution < 1.29 is 23.9 Å². The van der Waals surface area contributed by atoms with E-state index in [1.807, 2.05) is 25.1 Å². The van der Waals surface area contributed by atoms with Crippen molar-refractivity contribution in [2.75, 3.05) is 30.0 Å². The standard InChI is InChI=1S/C22H22N2O5/c1-13-5-7-19-16(9-13)24(21(27)22(2,3)29-19)11-17(25)14-6-8-18-15(10-14)23(4)20(26)12-28-18/h5-10H,11-12H2,1-4H3. The van der Waals surface area contributed by atoms with Crippen molar-refractivity contribution in [2.24, 2.45) is 0 Å². The molecule has 4 rings (SSSR count). The third-order valence-corrected chi connectivity index (χ3v) is 5.20. The SMILES string of the molecule is Cc1ccc2c(c1)N(CC(=O)c1ccc3c(c1)N(C)C(=O)CO3)C(=O)C(C)(C)O2. The Balaban J connectivity index is 1.67. The number of ether oxygens (including phenoxy) is 2. The smallest absolute Gasteiger partial charge is 0.271 e. The van der Waals surface area contributed by atoms with Gasteiger partial charge < -0.3 is 14.4 Å². The molecule has 7 nitrogen and oxygen atoms in total. The molecule has 0 N–H and O–H groups in total. The molecular weight excluding hydrogens is 372 g/mol. The number of anilines is 2. The lowest BCUT2D eigenvalue weighted by Gasteiger charge is -2.38. The molecule has 2 heterocycles. The number of carbonyl (C=O) groups is 3. The first-order valence-electron chi connectivity index (χ1n) is 9.35. The van der Waals surface area contributed by atoms with Crippen LogP contribution < -0.4 is 19.3 Å². The maximum Gasteiger partial charge on any atom is 0.271 e. The summed E-state index contributed by atoms with van der Waals surface area (Å²) in [6.07, 6.45) is 0. The van der Waals surface area contributed by atoms with Crippen molar-refractivity contribution >= 4 is 29.0 Å². The van der Waals surface area contributed by atoms with Gasteiger partial charge in [-0.2, -0.15) is 0 Å². The summed E-state index contributed by atoms with van der Waals surface area (Å²) in [5, 5.41) is 0. The third kappa shape index (κ3) is 3.22. The summed E-state index contributed by atoms with van der Waals surface area (Å²) < 4.78 is 11.3. The maximum absolute atomic E-state index is 13.1. The lowest BCUT2D eigenvalue weighted by atomic mass is 10.0. The maximum atomic E-state index is 13.1. The predicted octanol–water partition coefficient (Wildman–Crippen LogP) is 2.74. The van der Waals surface area contributed by atoms with Crippen LogP contribution in [-0.2, 0) is 9.59 Å². The number of aryl methyl sites for hydroxylation is 1. The van der Waals surface area contributed by atoms with Crippen LogP contribution in [0.4, 0.5) is 11.4 Å². The van der Waals surface area contributed by atoms with Crippen LogP contribution in [0.15, 0.2) is 36.4 Å². The van der Waals surface area contributed by atoms with E-state index in [1.54, 1.807) is 39.1 Å². The molecule has 29 heavy (non-hydrogen) atoms. The van der Waals surface area contributed by atoms with E-state index < -0.39 is 5.60 Å². The molecular formula is C22H22N2O5. The fourth-order valence-electron chi connectivity index (χ4n) is 3.52. The van der Waals surface area contributed by atoms with Crippen LogP contribution in [0.3, 0.4) is 0 Å². The Bertz CT molecular complexity index is 1040. The molecule has 2 amide bonds. The van der Waals surface area contributed by atoms with Gasteiger partial charge in [0, 0.05) is 12.6 Å². The first-order chi connectivity index (χ1) is 13.7. The number of ketones is 1. The van der Waals surface area contributed by atoms with E-state index in [9.17, 15) is 14.4 Å². The minimum absolute atomic E-state index is 0.0235. The Kier molecular flexibility index (Phi) is 4.33. The summed E-state index contributed by atoms with van der Waals surface area (Å²) in [4.78, 5) is 40.9. The second kappa shape index (κ2) is 6.62. The van der Waals surface area contributed by atoms with Crippen LogP contribution in [0, 0.1) is 6.92 Å². The van der Waals surface area contributed by atoms with Crippen molar-refractivity contribution in [1.82, 2.24) is 0 Å². The molecule has 0 fully saturated rings. The summed E-state index contributed by atoms with van der Waals surface area (Å²) in [6, 6.07) is 10.5. The van der Waals surface area contributed by atoms with Gasteiger partial charge in [0.1, 0.15) is 11.5 Å². The molecule has 2 aromatic carbocycles. The minimum atomic E-state index is -1.07. The molecule has 2 aliphatic heterocycles. The van der Waals surface area contributed by atoms with Crippen LogP contribution in [0.25, 0.3) is 0 Å². The number of hydrogen-bond acceptors (Lipinski definition) is 5. The van der Waals surface area contributed by atoms with E-state index in [0.717, 1.165) is 5.56 Å². The highest BCUT2D eigenvalue weighted by atomic mass is 16.5. The van der Waals surface area contributed by atoms with Gasteiger partial charge in [-0.25, -0.2) is 0 Å². The van der Waals surface area contributed by atoms with E-state index in [-0.39, 0.29) is 30.7 Å². The Morgan fingerprint density at radius 1 is 1.07 bits per heavy atom. The third-order valence-electron chi connectivity index (χ3n) is 5.20. The molecule has 0 radical (unpaired) electrons. The van der Waals surface area contributed by atoms with Crippen LogP contribution in [0.5, 0.6) is 11.5 Å². The zero-order valence-electron chi connectivity index (χ0n) is 16.8. The van der Waals surface area contributed by atoms with Crippen LogP contribution >= 0.6 is 0 Å². The number of benzene rings is 2.